The lowest BCUT2D eigenvalue weighted by Crippen LogP contribution is -2.07. The average Bonchev–Trinajstić information content (AvgIpc) is 2.17. The SMILES string of the molecule is CCC(C)C(O)c1ccc(Br)cc1. The molecule has 0 amide bonds. The summed E-state index contributed by atoms with van der Waals surface area (Å²) in [6, 6.07) is 7.84. The minimum absolute atomic E-state index is 0.321. The summed E-state index contributed by atoms with van der Waals surface area (Å²) in [5.74, 6) is 0.321. The highest BCUT2D eigenvalue weighted by molar-refractivity contribution is 9.10. The topological polar surface area (TPSA) is 20.2 Å². The van der Waals surface area contributed by atoms with Gasteiger partial charge in [-0.15, -0.1) is 0 Å². The van der Waals surface area contributed by atoms with Gasteiger partial charge in [0.1, 0.15) is 0 Å². The first kappa shape index (κ1) is 10.7. The molecule has 0 saturated heterocycles. The van der Waals surface area contributed by atoms with Crippen LogP contribution in [0.4, 0.5) is 0 Å². The van der Waals surface area contributed by atoms with Crippen LogP contribution >= 0.6 is 15.9 Å². The van der Waals surface area contributed by atoms with E-state index in [2.05, 4.69) is 29.8 Å². The molecule has 0 bridgehead atoms. The van der Waals surface area contributed by atoms with Gasteiger partial charge in [0, 0.05) is 4.47 Å². The third-order valence-corrected chi connectivity index (χ3v) is 2.92. The van der Waals surface area contributed by atoms with Gasteiger partial charge in [-0.2, -0.15) is 0 Å². The Balaban J connectivity index is 2.77. The standard InChI is InChI=1S/C11H15BrO/c1-3-8(2)11(13)9-4-6-10(12)7-5-9/h4-8,11,13H,3H2,1-2H3. The van der Waals surface area contributed by atoms with Crippen LogP contribution in [-0.4, -0.2) is 5.11 Å². The van der Waals surface area contributed by atoms with Gasteiger partial charge in [-0.1, -0.05) is 48.3 Å². The maximum absolute atomic E-state index is 9.86. The molecule has 0 aromatic heterocycles. The first-order valence-electron chi connectivity index (χ1n) is 4.58. The van der Waals surface area contributed by atoms with Crippen molar-refractivity contribution >= 4 is 15.9 Å². The summed E-state index contributed by atoms with van der Waals surface area (Å²) in [6.45, 7) is 4.15. The summed E-state index contributed by atoms with van der Waals surface area (Å²) in [6.07, 6.45) is 0.662. The second-order valence-electron chi connectivity index (χ2n) is 3.38. The predicted molar refractivity (Wildman–Crippen MR) is 58.6 cm³/mol. The number of rotatable bonds is 3. The molecule has 1 aromatic rings. The van der Waals surface area contributed by atoms with E-state index in [4.69, 9.17) is 0 Å². The van der Waals surface area contributed by atoms with Crippen molar-refractivity contribution in [2.75, 3.05) is 0 Å². The maximum Gasteiger partial charge on any atom is 0.0815 e. The second kappa shape index (κ2) is 4.77. The van der Waals surface area contributed by atoms with Crippen molar-refractivity contribution in [3.05, 3.63) is 34.3 Å². The molecule has 0 aliphatic carbocycles. The molecule has 0 radical (unpaired) electrons. The van der Waals surface area contributed by atoms with Crippen molar-refractivity contribution in [2.24, 2.45) is 5.92 Å². The van der Waals surface area contributed by atoms with Gasteiger partial charge in [-0.25, -0.2) is 0 Å². The second-order valence-corrected chi connectivity index (χ2v) is 4.30. The number of aliphatic hydroxyl groups excluding tert-OH is 1. The highest BCUT2D eigenvalue weighted by atomic mass is 79.9. The van der Waals surface area contributed by atoms with Crippen LogP contribution in [0.5, 0.6) is 0 Å². The quantitative estimate of drug-likeness (QED) is 0.860. The van der Waals surface area contributed by atoms with Gasteiger partial charge in [0.15, 0.2) is 0 Å². The molecule has 0 fully saturated rings. The van der Waals surface area contributed by atoms with Gasteiger partial charge in [0.2, 0.25) is 0 Å². The molecule has 1 nitrogen and oxygen atoms in total. The van der Waals surface area contributed by atoms with E-state index in [0.717, 1.165) is 16.5 Å². The van der Waals surface area contributed by atoms with E-state index in [1.807, 2.05) is 24.3 Å². The Morgan fingerprint density at radius 2 is 1.85 bits per heavy atom. The Labute approximate surface area is 87.9 Å². The normalized spacial score (nSPS) is 15.4. The predicted octanol–water partition coefficient (Wildman–Crippen LogP) is 3.53. The van der Waals surface area contributed by atoms with E-state index in [-0.39, 0.29) is 6.10 Å². The molecular weight excluding hydrogens is 228 g/mol. The number of aliphatic hydroxyl groups is 1. The van der Waals surface area contributed by atoms with Crippen molar-refractivity contribution in [1.82, 2.24) is 0 Å². The van der Waals surface area contributed by atoms with E-state index in [9.17, 15) is 5.11 Å². The summed E-state index contributed by atoms with van der Waals surface area (Å²) in [7, 11) is 0. The van der Waals surface area contributed by atoms with E-state index in [1.54, 1.807) is 0 Å². The zero-order valence-electron chi connectivity index (χ0n) is 8.00. The van der Waals surface area contributed by atoms with Crippen molar-refractivity contribution in [1.29, 1.82) is 0 Å². The lowest BCUT2D eigenvalue weighted by Gasteiger charge is -2.17. The van der Waals surface area contributed by atoms with Crippen LogP contribution in [0.1, 0.15) is 31.9 Å². The van der Waals surface area contributed by atoms with Crippen LogP contribution < -0.4 is 0 Å². The Morgan fingerprint density at radius 3 is 2.31 bits per heavy atom. The maximum atomic E-state index is 9.86. The van der Waals surface area contributed by atoms with Crippen LogP contribution in [0.2, 0.25) is 0 Å². The molecule has 1 rings (SSSR count). The molecule has 0 aliphatic heterocycles. The van der Waals surface area contributed by atoms with Crippen LogP contribution in [-0.2, 0) is 0 Å². The molecule has 13 heavy (non-hydrogen) atoms. The minimum Gasteiger partial charge on any atom is -0.388 e. The summed E-state index contributed by atoms with van der Waals surface area (Å²) in [5.41, 5.74) is 0.998. The zero-order valence-corrected chi connectivity index (χ0v) is 9.58. The van der Waals surface area contributed by atoms with Gasteiger partial charge in [0.05, 0.1) is 6.10 Å². The number of halogens is 1. The van der Waals surface area contributed by atoms with Crippen molar-refractivity contribution in [3.63, 3.8) is 0 Å². The highest BCUT2D eigenvalue weighted by Gasteiger charge is 2.13. The fourth-order valence-corrected chi connectivity index (χ4v) is 1.48. The first-order valence-corrected chi connectivity index (χ1v) is 5.38. The first-order chi connectivity index (χ1) is 6.15. The van der Waals surface area contributed by atoms with Gasteiger partial charge in [-0.05, 0) is 23.6 Å². The average molecular weight is 243 g/mol. The van der Waals surface area contributed by atoms with Crippen LogP contribution in [0.15, 0.2) is 28.7 Å². The van der Waals surface area contributed by atoms with Gasteiger partial charge in [0.25, 0.3) is 0 Å². The van der Waals surface area contributed by atoms with Crippen molar-refractivity contribution in [2.45, 2.75) is 26.4 Å². The van der Waals surface area contributed by atoms with Gasteiger partial charge < -0.3 is 5.11 Å². The largest absolute Gasteiger partial charge is 0.388 e. The third kappa shape index (κ3) is 2.82. The van der Waals surface area contributed by atoms with Crippen molar-refractivity contribution < 1.29 is 5.11 Å². The molecule has 0 aliphatic rings. The van der Waals surface area contributed by atoms with E-state index in [0.29, 0.717) is 5.92 Å². The van der Waals surface area contributed by atoms with E-state index < -0.39 is 0 Å². The van der Waals surface area contributed by atoms with Gasteiger partial charge in [-0.3, -0.25) is 0 Å². The Hall–Kier alpha value is -0.340. The lowest BCUT2D eigenvalue weighted by atomic mass is 9.95. The molecule has 2 atom stereocenters. The Morgan fingerprint density at radius 1 is 1.31 bits per heavy atom. The molecular formula is C11H15BrO. The molecule has 0 heterocycles. The summed E-state index contributed by atoms with van der Waals surface area (Å²) < 4.78 is 1.05. The van der Waals surface area contributed by atoms with Crippen LogP contribution in [0.25, 0.3) is 0 Å². The van der Waals surface area contributed by atoms with Gasteiger partial charge >= 0.3 is 0 Å². The van der Waals surface area contributed by atoms with Crippen LogP contribution in [0, 0.1) is 5.92 Å². The third-order valence-electron chi connectivity index (χ3n) is 2.39. The number of hydrogen-bond acceptors (Lipinski definition) is 1. The minimum atomic E-state index is -0.335. The number of benzene rings is 1. The molecule has 0 saturated carbocycles. The number of hydrogen-bond donors (Lipinski definition) is 1. The molecule has 1 aromatic carbocycles. The fraction of sp³-hybridized carbons (Fsp3) is 0.455. The van der Waals surface area contributed by atoms with E-state index in [1.165, 1.54) is 0 Å². The summed E-state index contributed by atoms with van der Waals surface area (Å²) in [5, 5.41) is 9.86. The highest BCUT2D eigenvalue weighted by Crippen LogP contribution is 2.24. The summed E-state index contributed by atoms with van der Waals surface area (Å²) in [4.78, 5) is 0. The summed E-state index contributed by atoms with van der Waals surface area (Å²) >= 11 is 3.37. The molecule has 2 unspecified atom stereocenters. The molecule has 2 heteroatoms. The zero-order chi connectivity index (χ0) is 9.84. The molecule has 1 N–H and O–H groups in total. The smallest absolute Gasteiger partial charge is 0.0815 e. The Bertz CT molecular complexity index is 255. The van der Waals surface area contributed by atoms with Crippen molar-refractivity contribution in [3.8, 4) is 0 Å². The Kier molecular flexibility index (Phi) is 3.94. The lowest BCUT2D eigenvalue weighted by molar-refractivity contribution is 0.115. The monoisotopic (exact) mass is 242 g/mol. The van der Waals surface area contributed by atoms with Crippen LogP contribution in [0.3, 0.4) is 0 Å². The molecule has 0 spiro atoms. The van der Waals surface area contributed by atoms with E-state index >= 15 is 0 Å². The fourth-order valence-electron chi connectivity index (χ4n) is 1.21. The molecule has 72 valence electrons.